The summed E-state index contributed by atoms with van der Waals surface area (Å²) in [6.45, 7) is 4.21. The van der Waals surface area contributed by atoms with Gasteiger partial charge in [-0.2, -0.15) is 0 Å². The first-order chi connectivity index (χ1) is 9.11. The molecule has 0 bridgehead atoms. The number of nitrogens with zero attached hydrogens (tertiary/aromatic N) is 1. The fourth-order valence-corrected chi connectivity index (χ4v) is 2.42. The van der Waals surface area contributed by atoms with Gasteiger partial charge in [0.05, 0.1) is 25.7 Å². The molecule has 2 N–H and O–H groups in total. The van der Waals surface area contributed by atoms with Crippen LogP contribution in [0.2, 0.25) is 0 Å². The predicted octanol–water partition coefficient (Wildman–Crippen LogP) is -0.0659. The van der Waals surface area contributed by atoms with Crippen molar-refractivity contribution in [2.45, 2.75) is 25.8 Å². The first kappa shape index (κ1) is 14.3. The molecule has 1 saturated carbocycles. The van der Waals surface area contributed by atoms with Crippen LogP contribution in [0.4, 0.5) is 0 Å². The lowest BCUT2D eigenvalue weighted by molar-refractivity contribution is -0.143. The topological polar surface area (TPSA) is 78.9 Å². The highest BCUT2D eigenvalue weighted by atomic mass is 16.5. The Morgan fingerprint density at radius 2 is 2.11 bits per heavy atom. The van der Waals surface area contributed by atoms with Gasteiger partial charge in [-0.3, -0.25) is 14.5 Å². The monoisotopic (exact) mass is 270 g/mol. The minimum atomic E-state index is -0.848. The maximum atomic E-state index is 11.8. The molecule has 1 aliphatic heterocycles. The van der Waals surface area contributed by atoms with Crippen LogP contribution in [0.1, 0.15) is 19.8 Å². The van der Waals surface area contributed by atoms with E-state index in [4.69, 9.17) is 9.84 Å². The van der Waals surface area contributed by atoms with E-state index in [0.717, 1.165) is 6.54 Å². The lowest BCUT2D eigenvalue weighted by Crippen LogP contribution is -2.47. The van der Waals surface area contributed by atoms with E-state index < -0.39 is 11.9 Å². The fraction of sp³-hybridized carbons (Fsp3) is 0.846. The molecule has 1 amide bonds. The average molecular weight is 270 g/mol. The molecule has 0 radical (unpaired) electrons. The standard InChI is InChI=1S/C13H22N2O4/c1-2-15(6-12(16)14-5-9-3-4-9)11-8-19-7-10(11)13(17)18/h9-11H,2-8H2,1H3,(H,14,16)(H,17,18). The number of hydrogen-bond donors (Lipinski definition) is 2. The van der Waals surface area contributed by atoms with Gasteiger partial charge in [-0.1, -0.05) is 6.92 Å². The number of hydrogen-bond acceptors (Lipinski definition) is 4. The van der Waals surface area contributed by atoms with E-state index in [1.807, 2.05) is 11.8 Å². The van der Waals surface area contributed by atoms with Gasteiger partial charge in [0, 0.05) is 12.6 Å². The van der Waals surface area contributed by atoms with E-state index in [1.54, 1.807) is 0 Å². The average Bonchev–Trinajstić information content (AvgIpc) is 3.08. The zero-order valence-electron chi connectivity index (χ0n) is 11.3. The third-order valence-electron chi connectivity index (χ3n) is 3.87. The zero-order valence-corrected chi connectivity index (χ0v) is 11.3. The highest BCUT2D eigenvalue weighted by Crippen LogP contribution is 2.27. The number of nitrogens with one attached hydrogen (secondary N) is 1. The van der Waals surface area contributed by atoms with Gasteiger partial charge in [-0.05, 0) is 25.3 Å². The largest absolute Gasteiger partial charge is 0.481 e. The molecule has 6 nitrogen and oxygen atoms in total. The smallest absolute Gasteiger partial charge is 0.310 e. The summed E-state index contributed by atoms with van der Waals surface area (Å²) in [5.41, 5.74) is 0. The van der Waals surface area contributed by atoms with E-state index in [1.165, 1.54) is 12.8 Å². The Balaban J connectivity index is 1.83. The number of aliphatic carboxylic acids is 1. The van der Waals surface area contributed by atoms with Crippen molar-refractivity contribution in [3.05, 3.63) is 0 Å². The molecule has 2 aliphatic rings. The van der Waals surface area contributed by atoms with Gasteiger partial charge in [0.2, 0.25) is 5.91 Å². The predicted molar refractivity (Wildman–Crippen MR) is 68.7 cm³/mol. The van der Waals surface area contributed by atoms with Crippen LogP contribution < -0.4 is 5.32 Å². The summed E-state index contributed by atoms with van der Waals surface area (Å²) in [5, 5.41) is 12.0. The van der Waals surface area contributed by atoms with Crippen LogP contribution in [0.15, 0.2) is 0 Å². The maximum Gasteiger partial charge on any atom is 0.310 e. The Morgan fingerprint density at radius 3 is 2.68 bits per heavy atom. The van der Waals surface area contributed by atoms with Gasteiger partial charge < -0.3 is 15.2 Å². The summed E-state index contributed by atoms with van der Waals surface area (Å²) < 4.78 is 5.25. The van der Waals surface area contributed by atoms with Gasteiger partial charge in [0.25, 0.3) is 0 Å². The van der Waals surface area contributed by atoms with Crippen molar-refractivity contribution < 1.29 is 19.4 Å². The number of amides is 1. The van der Waals surface area contributed by atoms with Crippen molar-refractivity contribution in [2.24, 2.45) is 11.8 Å². The molecule has 1 heterocycles. The molecular weight excluding hydrogens is 248 g/mol. The lowest BCUT2D eigenvalue weighted by atomic mass is 10.0. The van der Waals surface area contributed by atoms with Crippen LogP contribution in [0.5, 0.6) is 0 Å². The number of carboxylic acids is 1. The molecule has 1 aliphatic carbocycles. The van der Waals surface area contributed by atoms with Crippen LogP contribution in [0.3, 0.4) is 0 Å². The quantitative estimate of drug-likeness (QED) is 0.677. The molecule has 6 heteroatoms. The highest BCUT2D eigenvalue weighted by Gasteiger charge is 2.38. The van der Waals surface area contributed by atoms with E-state index in [2.05, 4.69) is 5.32 Å². The molecule has 2 rings (SSSR count). The molecule has 2 fully saturated rings. The number of carboxylic acid groups (broad SMARTS) is 1. The minimum Gasteiger partial charge on any atom is -0.481 e. The van der Waals surface area contributed by atoms with Gasteiger partial charge in [-0.15, -0.1) is 0 Å². The van der Waals surface area contributed by atoms with Crippen molar-refractivity contribution in [1.82, 2.24) is 10.2 Å². The Labute approximate surface area is 113 Å². The second-order valence-electron chi connectivity index (χ2n) is 5.36. The maximum absolute atomic E-state index is 11.8. The van der Waals surface area contributed by atoms with Crippen molar-refractivity contribution >= 4 is 11.9 Å². The van der Waals surface area contributed by atoms with Crippen LogP contribution in [0.25, 0.3) is 0 Å². The lowest BCUT2D eigenvalue weighted by Gasteiger charge is -2.28. The van der Waals surface area contributed by atoms with Crippen LogP contribution in [0, 0.1) is 11.8 Å². The molecule has 0 spiro atoms. The molecule has 2 atom stereocenters. The number of rotatable bonds is 7. The van der Waals surface area contributed by atoms with Crippen molar-refractivity contribution in [1.29, 1.82) is 0 Å². The molecular formula is C13H22N2O4. The third-order valence-corrected chi connectivity index (χ3v) is 3.87. The summed E-state index contributed by atoms with van der Waals surface area (Å²) in [6, 6.07) is -0.200. The fourth-order valence-electron chi connectivity index (χ4n) is 2.42. The number of carbonyl (C=O) groups is 2. The number of likely N-dealkylation sites (N-methyl/N-ethyl adjacent to an activating group) is 1. The van der Waals surface area contributed by atoms with E-state index in [9.17, 15) is 9.59 Å². The Kier molecular flexibility index (Phi) is 4.76. The Hall–Kier alpha value is -1.14. The van der Waals surface area contributed by atoms with Gasteiger partial charge in [0.15, 0.2) is 0 Å². The van der Waals surface area contributed by atoms with E-state index in [0.29, 0.717) is 19.1 Å². The summed E-state index contributed by atoms with van der Waals surface area (Å²) in [5.74, 6) is -0.749. The normalized spacial score (nSPS) is 26.6. The number of ether oxygens (including phenoxy) is 1. The molecule has 0 aromatic rings. The molecule has 1 saturated heterocycles. The van der Waals surface area contributed by atoms with Crippen LogP contribution >= 0.6 is 0 Å². The Bertz CT molecular complexity index is 344. The van der Waals surface area contributed by atoms with Crippen LogP contribution in [-0.2, 0) is 14.3 Å². The SMILES string of the molecule is CCN(CC(=O)NCC1CC1)C1COCC1C(=O)O. The molecule has 19 heavy (non-hydrogen) atoms. The van der Waals surface area contributed by atoms with Crippen molar-refractivity contribution in [2.75, 3.05) is 32.8 Å². The van der Waals surface area contributed by atoms with Crippen molar-refractivity contribution in [3.63, 3.8) is 0 Å². The summed E-state index contributed by atoms with van der Waals surface area (Å²) >= 11 is 0. The first-order valence-corrected chi connectivity index (χ1v) is 6.93. The van der Waals surface area contributed by atoms with Gasteiger partial charge >= 0.3 is 5.97 Å². The van der Waals surface area contributed by atoms with Gasteiger partial charge in [-0.25, -0.2) is 0 Å². The summed E-state index contributed by atoms with van der Waals surface area (Å²) in [4.78, 5) is 24.9. The van der Waals surface area contributed by atoms with E-state index >= 15 is 0 Å². The number of carbonyl (C=O) groups excluding carboxylic acids is 1. The second-order valence-corrected chi connectivity index (χ2v) is 5.36. The zero-order chi connectivity index (χ0) is 13.8. The second kappa shape index (κ2) is 6.34. The summed E-state index contributed by atoms with van der Waals surface area (Å²) in [6.07, 6.45) is 2.41. The Morgan fingerprint density at radius 1 is 1.37 bits per heavy atom. The first-order valence-electron chi connectivity index (χ1n) is 6.93. The van der Waals surface area contributed by atoms with E-state index in [-0.39, 0.29) is 25.1 Å². The highest BCUT2D eigenvalue weighted by molar-refractivity contribution is 5.78. The summed E-state index contributed by atoms with van der Waals surface area (Å²) in [7, 11) is 0. The van der Waals surface area contributed by atoms with Gasteiger partial charge in [0.1, 0.15) is 0 Å². The molecule has 108 valence electrons. The molecule has 2 unspecified atom stereocenters. The minimum absolute atomic E-state index is 0.0233. The van der Waals surface area contributed by atoms with Crippen molar-refractivity contribution in [3.8, 4) is 0 Å². The molecule has 0 aromatic carbocycles. The van der Waals surface area contributed by atoms with Crippen LogP contribution in [-0.4, -0.2) is 60.8 Å². The molecule has 0 aromatic heterocycles. The third kappa shape index (κ3) is 3.91.